The van der Waals surface area contributed by atoms with Gasteiger partial charge in [0.25, 0.3) is 0 Å². The van der Waals surface area contributed by atoms with Crippen LogP contribution in [-0.4, -0.2) is 41.1 Å². The summed E-state index contributed by atoms with van der Waals surface area (Å²) in [5.74, 6) is -4.53. The number of benzene rings is 2. The molecule has 2 aromatic rings. The Hall–Kier alpha value is 0.170. The van der Waals surface area contributed by atoms with Crippen LogP contribution in [0.25, 0.3) is 0 Å². The molecule has 36 heavy (non-hydrogen) atoms. The van der Waals surface area contributed by atoms with E-state index in [4.69, 9.17) is 9.47 Å². The van der Waals surface area contributed by atoms with Crippen molar-refractivity contribution in [3.05, 3.63) is 44.7 Å². The van der Waals surface area contributed by atoms with Crippen LogP contribution in [-0.2, 0) is 23.9 Å². The van der Waals surface area contributed by atoms with Gasteiger partial charge >= 0.3 is 24.2 Å². The molecule has 0 aliphatic carbocycles. The van der Waals surface area contributed by atoms with Gasteiger partial charge in [0.1, 0.15) is 0 Å². The molecule has 0 aliphatic rings. The van der Waals surface area contributed by atoms with Crippen LogP contribution < -0.4 is 10.6 Å². The lowest BCUT2D eigenvalue weighted by molar-refractivity contribution is -0.168. The zero-order valence-corrected chi connectivity index (χ0v) is 30.7. The minimum absolute atomic E-state index is 0.00837. The van der Waals surface area contributed by atoms with Gasteiger partial charge in [0.2, 0.25) is 11.8 Å². The van der Waals surface area contributed by atoms with Crippen LogP contribution >= 0.6 is 136 Å². The monoisotopic (exact) mass is 1170 g/mol. The van der Waals surface area contributed by atoms with Gasteiger partial charge < -0.3 is 25.2 Å². The molecule has 2 rings (SSSR count). The number of amides is 2. The number of carbonyl (C=O) groups excluding carboxylic acids is 4. The van der Waals surface area contributed by atoms with Gasteiger partial charge in [-0.3, -0.25) is 9.59 Å². The number of hydrogen-bond acceptors (Lipinski definition) is 7. The molecule has 0 fully saturated rings. The lowest BCUT2D eigenvalue weighted by atomic mass is 10.2. The van der Waals surface area contributed by atoms with Crippen molar-refractivity contribution in [1.82, 2.24) is 0 Å². The van der Waals surface area contributed by atoms with Crippen LogP contribution in [0.3, 0.4) is 0 Å². The van der Waals surface area contributed by atoms with E-state index in [1.165, 1.54) is 13.8 Å². The Bertz CT molecular complexity index is 1210. The quantitative estimate of drug-likeness (QED) is 0.183. The maximum atomic E-state index is 13.0. The molecule has 0 atom stereocenters. The van der Waals surface area contributed by atoms with E-state index >= 15 is 0 Å². The zero-order chi connectivity index (χ0) is 27.5. The van der Waals surface area contributed by atoms with Crippen molar-refractivity contribution in [1.29, 1.82) is 0 Å². The molecular formula is C20H12I6N2O8. The largest absolute Gasteiger partial charge is 0.476 e. The molecule has 3 N–H and O–H groups in total. The number of carboxylic acid groups (broad SMARTS) is 1. The molecule has 0 saturated carbocycles. The molecule has 2 aromatic carbocycles. The highest BCUT2D eigenvalue weighted by atomic mass is 127. The van der Waals surface area contributed by atoms with E-state index in [2.05, 4.69) is 10.6 Å². The normalized spacial score (nSPS) is 10.6. The first-order valence-electron chi connectivity index (χ1n) is 9.20. The summed E-state index contributed by atoms with van der Waals surface area (Å²) in [4.78, 5) is 60.9. The second-order valence-corrected chi connectivity index (χ2v) is 13.5. The average molecular weight is 1170 g/mol. The highest BCUT2D eigenvalue weighted by molar-refractivity contribution is 14.1. The van der Waals surface area contributed by atoms with E-state index in [0.29, 0.717) is 32.8 Å². The minimum Gasteiger partial charge on any atom is -0.476 e. The topological polar surface area (TPSA) is 148 Å². The van der Waals surface area contributed by atoms with Crippen LogP contribution in [0.1, 0.15) is 34.6 Å². The van der Waals surface area contributed by atoms with Gasteiger partial charge in [-0.15, -0.1) is 0 Å². The molecule has 0 unspecified atom stereocenters. The maximum Gasteiger partial charge on any atom is 0.387 e. The second kappa shape index (κ2) is 14.0. The van der Waals surface area contributed by atoms with Crippen LogP contribution in [0.5, 0.6) is 0 Å². The van der Waals surface area contributed by atoms with Crippen molar-refractivity contribution >= 4 is 177 Å². The molecule has 0 spiro atoms. The van der Waals surface area contributed by atoms with Crippen molar-refractivity contribution in [2.75, 3.05) is 10.6 Å². The Balaban J connectivity index is 2.41. The van der Waals surface area contributed by atoms with Crippen molar-refractivity contribution in [3.8, 4) is 0 Å². The van der Waals surface area contributed by atoms with Crippen molar-refractivity contribution < 1.29 is 38.6 Å². The Labute approximate surface area is 286 Å². The van der Waals surface area contributed by atoms with E-state index in [0.717, 1.165) is 0 Å². The summed E-state index contributed by atoms with van der Waals surface area (Å²) < 4.78 is 13.0. The number of anilines is 2. The van der Waals surface area contributed by atoms with Crippen LogP contribution in [0.15, 0.2) is 12.1 Å². The van der Waals surface area contributed by atoms with Crippen molar-refractivity contribution in [2.45, 2.75) is 20.1 Å². The number of ether oxygens (including phenoxy) is 2. The SMILES string of the molecule is CC(=O)Nc1c(I)cc(I)c(C(=O)OC(OC(=O)c2c(I)cc(I)c(NC(C)=O)c2I)C(=O)O)c1I. The molecule has 2 amide bonds. The number of carboxylic acids is 1. The van der Waals surface area contributed by atoms with Gasteiger partial charge in [0.15, 0.2) is 0 Å². The van der Waals surface area contributed by atoms with Gasteiger partial charge in [0, 0.05) is 28.1 Å². The van der Waals surface area contributed by atoms with Gasteiger partial charge in [0.05, 0.1) is 29.6 Å². The summed E-state index contributed by atoms with van der Waals surface area (Å²) in [6, 6.07) is 3.24. The first-order chi connectivity index (χ1) is 16.6. The Kier molecular flexibility index (Phi) is 12.6. The first kappa shape index (κ1) is 32.4. The third-order valence-corrected chi connectivity index (χ3v) is 9.54. The Morgan fingerprint density at radius 2 is 1.03 bits per heavy atom. The first-order valence-corrected chi connectivity index (χ1v) is 15.7. The summed E-state index contributed by atoms with van der Waals surface area (Å²) in [6.07, 6.45) is -2.25. The number of carbonyl (C=O) groups is 5. The van der Waals surface area contributed by atoms with Gasteiger partial charge in [-0.2, -0.15) is 0 Å². The molecule has 0 aliphatic heterocycles. The fraction of sp³-hybridized carbons (Fsp3) is 0.150. The summed E-state index contributed by atoms with van der Waals surface area (Å²) in [5, 5.41) is 14.9. The summed E-state index contributed by atoms with van der Waals surface area (Å²) >= 11 is 11.5. The molecule has 16 heteroatoms. The van der Waals surface area contributed by atoms with E-state index in [-0.39, 0.29) is 22.9 Å². The molecule has 0 radical (unpaired) electrons. The predicted molar refractivity (Wildman–Crippen MR) is 180 cm³/mol. The Morgan fingerprint density at radius 1 is 0.694 bits per heavy atom. The maximum absolute atomic E-state index is 13.0. The summed E-state index contributed by atoms with van der Waals surface area (Å²) in [6.45, 7) is 2.62. The highest BCUT2D eigenvalue weighted by Gasteiger charge is 2.32. The Morgan fingerprint density at radius 3 is 1.31 bits per heavy atom. The summed E-state index contributed by atoms with van der Waals surface area (Å²) in [5.41, 5.74) is 0.755. The molecule has 0 aromatic heterocycles. The van der Waals surface area contributed by atoms with Gasteiger partial charge in [-0.1, -0.05) is 0 Å². The number of aliphatic carboxylic acids is 1. The molecule has 192 valence electrons. The van der Waals surface area contributed by atoms with Crippen molar-refractivity contribution in [3.63, 3.8) is 0 Å². The third kappa shape index (κ3) is 8.09. The van der Waals surface area contributed by atoms with E-state index in [9.17, 15) is 29.1 Å². The number of halogens is 6. The smallest absolute Gasteiger partial charge is 0.387 e. The van der Waals surface area contributed by atoms with Crippen LogP contribution in [0.4, 0.5) is 11.4 Å². The molecule has 0 saturated heterocycles. The van der Waals surface area contributed by atoms with Gasteiger partial charge in [-0.25, -0.2) is 14.4 Å². The lowest BCUT2D eigenvalue weighted by Gasteiger charge is -2.19. The summed E-state index contributed by atoms with van der Waals surface area (Å²) in [7, 11) is 0. The fourth-order valence-electron chi connectivity index (χ4n) is 2.57. The number of rotatable bonds is 7. The second-order valence-electron chi connectivity index (χ2n) is 6.65. The fourth-order valence-corrected chi connectivity index (χ4v) is 10.7. The van der Waals surface area contributed by atoms with E-state index in [1.54, 1.807) is 12.1 Å². The average Bonchev–Trinajstić information content (AvgIpc) is 2.73. The predicted octanol–water partition coefficient (Wildman–Crippen LogP) is 5.66. The van der Waals surface area contributed by atoms with Crippen LogP contribution in [0.2, 0.25) is 0 Å². The van der Waals surface area contributed by atoms with E-state index < -0.39 is 24.2 Å². The molecule has 10 nitrogen and oxygen atoms in total. The molecule has 0 heterocycles. The third-order valence-electron chi connectivity index (χ3n) is 3.98. The minimum atomic E-state index is -2.25. The van der Waals surface area contributed by atoms with Crippen molar-refractivity contribution in [2.24, 2.45) is 0 Å². The molecule has 0 bridgehead atoms. The lowest BCUT2D eigenvalue weighted by Crippen LogP contribution is -2.33. The highest BCUT2D eigenvalue weighted by Crippen LogP contribution is 2.34. The van der Waals surface area contributed by atoms with Gasteiger partial charge in [-0.05, 0) is 148 Å². The number of nitrogens with one attached hydrogen (secondary N) is 2. The standard InChI is InChI=1S/C20H12I6N2O8/c1-5(29)27-15-9(23)3-7(21)11(13(15)25)18(33)35-20(17(31)32)36-19(34)12-8(22)4-10(24)16(14(12)26)28-6(2)30/h3-4,20H,1-2H3,(H,27,29)(H,28,30)(H,31,32). The van der Waals surface area contributed by atoms with Crippen LogP contribution in [0, 0.1) is 21.4 Å². The zero-order valence-electron chi connectivity index (χ0n) is 17.8. The molecular weight excluding hydrogens is 1160 g/mol. The number of hydrogen-bond donors (Lipinski definition) is 3. The number of esters is 2. The van der Waals surface area contributed by atoms with E-state index in [1.807, 2.05) is 136 Å².